The number of hydrogen-bond donors (Lipinski definition) is 1. The van der Waals surface area contributed by atoms with Gasteiger partial charge in [-0.25, -0.2) is 15.0 Å². The van der Waals surface area contributed by atoms with Crippen LogP contribution >= 0.6 is 15.9 Å². The molecule has 0 radical (unpaired) electrons. The lowest BCUT2D eigenvalue weighted by Crippen LogP contribution is -2.14. The van der Waals surface area contributed by atoms with E-state index in [1.54, 1.807) is 44.6 Å². The van der Waals surface area contributed by atoms with Crippen LogP contribution in [0.1, 0.15) is 25.2 Å². The molecule has 5 heteroatoms. The van der Waals surface area contributed by atoms with Crippen molar-refractivity contribution < 1.29 is 5.11 Å². The fourth-order valence-electron chi connectivity index (χ4n) is 1.44. The summed E-state index contributed by atoms with van der Waals surface area (Å²) < 4.78 is 0.884. The van der Waals surface area contributed by atoms with Crippen molar-refractivity contribution >= 4 is 15.9 Å². The first kappa shape index (κ1) is 22.1. The summed E-state index contributed by atoms with van der Waals surface area (Å²) in [6, 6.07) is 16.7. The van der Waals surface area contributed by atoms with Gasteiger partial charge in [0.15, 0.2) is 0 Å². The van der Waals surface area contributed by atoms with Crippen LogP contribution in [0.3, 0.4) is 0 Å². The van der Waals surface area contributed by atoms with Crippen LogP contribution < -0.4 is 0 Å². The van der Waals surface area contributed by atoms with Crippen LogP contribution in [-0.4, -0.2) is 25.7 Å². The largest absolute Gasteiger partial charge is 0.378 e. The molecule has 136 valence electrons. The lowest BCUT2D eigenvalue weighted by atomic mass is 10.1. The van der Waals surface area contributed by atoms with E-state index in [0.29, 0.717) is 11.4 Å². The summed E-state index contributed by atoms with van der Waals surface area (Å²) in [5.41, 5.74) is 0.421. The SMILES string of the molecule is Brc1ccccn1.C#Cc1ccccn1.CC(C)(O)C#Cc1ccccn1. The number of pyridine rings is 3. The minimum atomic E-state index is -0.947. The molecule has 0 fully saturated rings. The standard InChI is InChI=1S/C10H11NO.C7H5N.C5H4BrN/c1-10(2,12)7-6-9-5-3-4-8-11-9;1-2-7-5-3-4-6-8-7;6-5-3-1-2-4-7-5/h3-5,8,12H,1-2H3;1,3-6H;1-4H. The molecule has 0 aliphatic rings. The molecule has 3 rings (SSSR count). The molecule has 0 aliphatic heterocycles. The number of aromatic nitrogens is 3. The summed E-state index contributed by atoms with van der Waals surface area (Å²) >= 11 is 3.20. The van der Waals surface area contributed by atoms with E-state index >= 15 is 0 Å². The first-order valence-electron chi connectivity index (χ1n) is 8.01. The average Bonchev–Trinajstić information content (AvgIpc) is 2.69. The van der Waals surface area contributed by atoms with Gasteiger partial charge in [-0.3, -0.25) is 0 Å². The van der Waals surface area contributed by atoms with Crippen molar-refractivity contribution in [3.05, 3.63) is 89.2 Å². The molecule has 0 aliphatic carbocycles. The van der Waals surface area contributed by atoms with Crippen LogP contribution in [0.25, 0.3) is 0 Å². The molecular weight excluding hydrogens is 402 g/mol. The fraction of sp³-hybridized carbons (Fsp3) is 0.136. The van der Waals surface area contributed by atoms with E-state index in [1.165, 1.54) is 0 Å². The number of hydrogen-bond acceptors (Lipinski definition) is 4. The quantitative estimate of drug-likeness (QED) is 0.438. The minimum Gasteiger partial charge on any atom is -0.378 e. The molecule has 0 atom stereocenters. The van der Waals surface area contributed by atoms with E-state index < -0.39 is 5.60 Å². The zero-order valence-corrected chi connectivity index (χ0v) is 16.8. The van der Waals surface area contributed by atoms with Crippen LogP contribution in [0, 0.1) is 24.2 Å². The van der Waals surface area contributed by atoms with Crippen molar-refractivity contribution in [3.63, 3.8) is 0 Å². The van der Waals surface area contributed by atoms with Gasteiger partial charge in [-0.1, -0.05) is 30.0 Å². The van der Waals surface area contributed by atoms with Gasteiger partial charge in [-0.15, -0.1) is 6.42 Å². The van der Waals surface area contributed by atoms with Gasteiger partial charge in [0.05, 0.1) is 0 Å². The second kappa shape index (κ2) is 12.4. The first-order chi connectivity index (χ1) is 12.9. The van der Waals surface area contributed by atoms with E-state index in [-0.39, 0.29) is 0 Å². The maximum Gasteiger partial charge on any atom is 0.120 e. The first-order valence-corrected chi connectivity index (χ1v) is 8.81. The van der Waals surface area contributed by atoms with E-state index in [1.807, 2.05) is 42.5 Å². The Kier molecular flexibility index (Phi) is 10.1. The zero-order chi connectivity index (χ0) is 20.0. The Morgan fingerprint density at radius 3 is 1.67 bits per heavy atom. The van der Waals surface area contributed by atoms with Crippen molar-refractivity contribution in [2.24, 2.45) is 0 Å². The predicted octanol–water partition coefficient (Wildman–Crippen LogP) is 4.11. The second-order valence-corrected chi connectivity index (χ2v) is 6.35. The van der Waals surface area contributed by atoms with Gasteiger partial charge in [-0.2, -0.15) is 0 Å². The maximum atomic E-state index is 9.28. The molecule has 0 saturated carbocycles. The van der Waals surface area contributed by atoms with Crippen LogP contribution in [-0.2, 0) is 0 Å². The monoisotopic (exact) mass is 421 g/mol. The molecule has 0 unspecified atom stereocenters. The summed E-state index contributed by atoms with van der Waals surface area (Å²) in [5, 5.41) is 9.28. The Morgan fingerprint density at radius 2 is 1.37 bits per heavy atom. The van der Waals surface area contributed by atoms with Crippen LogP contribution in [0.2, 0.25) is 0 Å². The molecule has 3 aromatic rings. The highest BCUT2D eigenvalue weighted by atomic mass is 79.9. The third-order valence-corrected chi connectivity index (χ3v) is 3.07. The van der Waals surface area contributed by atoms with Gasteiger partial charge in [0.25, 0.3) is 0 Å². The molecule has 0 saturated heterocycles. The van der Waals surface area contributed by atoms with Crippen LogP contribution in [0.15, 0.2) is 77.8 Å². The second-order valence-electron chi connectivity index (χ2n) is 5.54. The summed E-state index contributed by atoms with van der Waals surface area (Å²) in [5.74, 6) is 7.87. The van der Waals surface area contributed by atoms with Crippen molar-refractivity contribution in [1.82, 2.24) is 15.0 Å². The Balaban J connectivity index is 0.000000212. The van der Waals surface area contributed by atoms with Crippen molar-refractivity contribution in [2.75, 3.05) is 0 Å². The predicted molar refractivity (Wildman–Crippen MR) is 112 cm³/mol. The molecule has 3 aromatic heterocycles. The molecule has 3 heterocycles. The lowest BCUT2D eigenvalue weighted by molar-refractivity contribution is 0.143. The maximum absolute atomic E-state index is 9.28. The third kappa shape index (κ3) is 12.1. The van der Waals surface area contributed by atoms with E-state index in [4.69, 9.17) is 6.42 Å². The van der Waals surface area contributed by atoms with Crippen molar-refractivity contribution in [2.45, 2.75) is 19.4 Å². The van der Waals surface area contributed by atoms with E-state index in [2.05, 4.69) is 48.6 Å². The number of halogens is 1. The molecule has 4 nitrogen and oxygen atoms in total. The molecular formula is C22H20BrN3O. The van der Waals surface area contributed by atoms with Crippen LogP contribution in [0.5, 0.6) is 0 Å². The molecule has 0 bridgehead atoms. The van der Waals surface area contributed by atoms with Gasteiger partial charge in [0, 0.05) is 18.6 Å². The average molecular weight is 422 g/mol. The number of aliphatic hydroxyl groups is 1. The zero-order valence-electron chi connectivity index (χ0n) is 15.2. The highest BCUT2D eigenvalue weighted by Crippen LogP contribution is 2.00. The topological polar surface area (TPSA) is 58.9 Å². The van der Waals surface area contributed by atoms with Gasteiger partial charge >= 0.3 is 0 Å². The van der Waals surface area contributed by atoms with E-state index in [9.17, 15) is 5.11 Å². The highest BCUT2D eigenvalue weighted by molar-refractivity contribution is 9.10. The Morgan fingerprint density at radius 1 is 0.852 bits per heavy atom. The summed E-state index contributed by atoms with van der Waals surface area (Å²) in [4.78, 5) is 11.8. The minimum absolute atomic E-state index is 0.680. The molecule has 1 N–H and O–H groups in total. The van der Waals surface area contributed by atoms with Crippen LogP contribution in [0.4, 0.5) is 0 Å². The van der Waals surface area contributed by atoms with Gasteiger partial charge < -0.3 is 5.11 Å². The third-order valence-electron chi connectivity index (χ3n) is 2.60. The summed E-state index contributed by atoms with van der Waals surface area (Å²) in [6.45, 7) is 3.28. The molecule has 0 spiro atoms. The normalized spacial score (nSPS) is 9.15. The smallest absolute Gasteiger partial charge is 0.120 e. The Labute approximate surface area is 168 Å². The van der Waals surface area contributed by atoms with E-state index in [0.717, 1.165) is 4.60 Å². The molecule has 0 amide bonds. The fourth-order valence-corrected chi connectivity index (χ4v) is 1.71. The Bertz CT molecular complexity index is 875. The highest BCUT2D eigenvalue weighted by Gasteiger charge is 2.05. The number of terminal acetylenes is 1. The molecule has 0 aromatic carbocycles. The van der Waals surface area contributed by atoms with Crippen molar-refractivity contribution in [1.29, 1.82) is 0 Å². The summed E-state index contributed by atoms with van der Waals surface area (Å²) in [7, 11) is 0. The number of nitrogens with zero attached hydrogens (tertiary/aromatic N) is 3. The number of rotatable bonds is 0. The van der Waals surface area contributed by atoms with Gasteiger partial charge in [-0.05, 0) is 72.1 Å². The Hall–Kier alpha value is -2.99. The lowest BCUT2D eigenvalue weighted by Gasteiger charge is -2.05. The summed E-state index contributed by atoms with van der Waals surface area (Å²) in [6.07, 6.45) is 10.1. The van der Waals surface area contributed by atoms with Crippen molar-refractivity contribution in [3.8, 4) is 24.2 Å². The van der Waals surface area contributed by atoms with Gasteiger partial charge in [0.1, 0.15) is 21.6 Å². The van der Waals surface area contributed by atoms with Gasteiger partial charge in [0.2, 0.25) is 0 Å². The molecule has 27 heavy (non-hydrogen) atoms.